The average Bonchev–Trinajstić information content (AvgIpc) is 3.29. The zero-order chi connectivity index (χ0) is 16.1. The second-order valence-corrected chi connectivity index (χ2v) is 6.13. The number of carbonyl (C=O) groups is 2. The summed E-state index contributed by atoms with van der Waals surface area (Å²) in [6.07, 6.45) is 2.60. The molecular formula is C18H26N2O2. The number of nitrogens with zero attached hydrogens (tertiary/aromatic N) is 1. The minimum atomic E-state index is -0.162. The van der Waals surface area contributed by atoms with E-state index >= 15 is 0 Å². The smallest absolute Gasteiger partial charge is 0.228 e. The molecule has 0 aromatic heterocycles. The second kappa shape index (κ2) is 7.43. The maximum Gasteiger partial charge on any atom is 0.228 e. The van der Waals surface area contributed by atoms with E-state index in [2.05, 4.69) is 19.2 Å². The van der Waals surface area contributed by atoms with Crippen molar-refractivity contribution in [1.29, 1.82) is 0 Å². The van der Waals surface area contributed by atoms with Gasteiger partial charge in [0.2, 0.25) is 11.8 Å². The van der Waals surface area contributed by atoms with E-state index in [4.69, 9.17) is 0 Å². The Balaban J connectivity index is 1.89. The van der Waals surface area contributed by atoms with Crippen molar-refractivity contribution in [1.82, 2.24) is 4.90 Å². The SMILES string of the molecule is CCCN(CCC)C(=O)C1CC1C(=O)Nc1ccc(C)cc1. The van der Waals surface area contributed by atoms with E-state index in [1.165, 1.54) is 0 Å². The Kier molecular flexibility index (Phi) is 5.58. The molecule has 1 aliphatic carbocycles. The molecule has 120 valence electrons. The molecule has 1 aromatic carbocycles. The van der Waals surface area contributed by atoms with Crippen LogP contribution in [0.4, 0.5) is 5.69 Å². The maximum atomic E-state index is 12.4. The van der Waals surface area contributed by atoms with E-state index in [0.717, 1.165) is 37.2 Å². The van der Waals surface area contributed by atoms with Gasteiger partial charge in [0.25, 0.3) is 0 Å². The van der Waals surface area contributed by atoms with Crippen LogP contribution in [0.5, 0.6) is 0 Å². The van der Waals surface area contributed by atoms with Crippen LogP contribution >= 0.6 is 0 Å². The van der Waals surface area contributed by atoms with E-state index < -0.39 is 0 Å². The molecule has 22 heavy (non-hydrogen) atoms. The first kappa shape index (κ1) is 16.5. The molecule has 2 amide bonds. The van der Waals surface area contributed by atoms with Gasteiger partial charge in [0.05, 0.1) is 11.8 Å². The highest BCUT2D eigenvalue weighted by Crippen LogP contribution is 2.41. The molecule has 1 N–H and O–H groups in total. The molecule has 0 spiro atoms. The van der Waals surface area contributed by atoms with Gasteiger partial charge < -0.3 is 10.2 Å². The van der Waals surface area contributed by atoms with Crippen molar-refractivity contribution < 1.29 is 9.59 Å². The Morgan fingerprint density at radius 3 is 2.23 bits per heavy atom. The summed E-state index contributed by atoms with van der Waals surface area (Å²) >= 11 is 0. The molecule has 1 aliphatic rings. The van der Waals surface area contributed by atoms with Crippen molar-refractivity contribution in [2.75, 3.05) is 18.4 Å². The number of rotatable bonds is 7. The van der Waals surface area contributed by atoms with Gasteiger partial charge in [-0.2, -0.15) is 0 Å². The van der Waals surface area contributed by atoms with Gasteiger partial charge >= 0.3 is 0 Å². The monoisotopic (exact) mass is 302 g/mol. The molecule has 0 bridgehead atoms. The normalized spacial score (nSPS) is 19.6. The highest BCUT2D eigenvalue weighted by atomic mass is 16.2. The third kappa shape index (κ3) is 4.09. The van der Waals surface area contributed by atoms with Crippen LogP contribution in [0.15, 0.2) is 24.3 Å². The lowest BCUT2D eigenvalue weighted by atomic mass is 10.2. The summed E-state index contributed by atoms with van der Waals surface area (Å²) in [6.45, 7) is 7.73. The minimum absolute atomic E-state index is 0.0323. The fourth-order valence-electron chi connectivity index (χ4n) is 2.74. The topological polar surface area (TPSA) is 49.4 Å². The molecule has 4 nitrogen and oxygen atoms in total. The van der Waals surface area contributed by atoms with Crippen LogP contribution in [-0.4, -0.2) is 29.8 Å². The number of amides is 2. The van der Waals surface area contributed by atoms with Crippen LogP contribution in [0.3, 0.4) is 0 Å². The summed E-state index contributed by atoms with van der Waals surface area (Å²) in [5.41, 5.74) is 1.96. The van der Waals surface area contributed by atoms with E-state index in [1.807, 2.05) is 36.1 Å². The largest absolute Gasteiger partial charge is 0.342 e. The molecular weight excluding hydrogens is 276 g/mol. The summed E-state index contributed by atoms with van der Waals surface area (Å²) in [7, 11) is 0. The maximum absolute atomic E-state index is 12.4. The number of carbonyl (C=O) groups excluding carboxylic acids is 2. The number of hydrogen-bond acceptors (Lipinski definition) is 2. The molecule has 4 heteroatoms. The number of anilines is 1. The predicted molar refractivity (Wildman–Crippen MR) is 88.6 cm³/mol. The standard InChI is InChI=1S/C18H26N2O2/c1-4-10-20(11-5-2)18(22)16-12-15(16)17(21)19-14-8-6-13(3)7-9-14/h6-9,15-16H,4-5,10-12H2,1-3H3,(H,19,21). The summed E-state index contributed by atoms with van der Waals surface area (Å²) < 4.78 is 0. The first-order valence-electron chi connectivity index (χ1n) is 8.23. The van der Waals surface area contributed by atoms with Crippen molar-refractivity contribution >= 4 is 17.5 Å². The quantitative estimate of drug-likeness (QED) is 0.840. The van der Waals surface area contributed by atoms with Gasteiger partial charge in [0, 0.05) is 18.8 Å². The molecule has 1 fully saturated rings. The highest BCUT2D eigenvalue weighted by Gasteiger charge is 2.49. The number of hydrogen-bond donors (Lipinski definition) is 1. The molecule has 2 rings (SSSR count). The zero-order valence-electron chi connectivity index (χ0n) is 13.8. The number of nitrogens with one attached hydrogen (secondary N) is 1. The molecule has 1 saturated carbocycles. The molecule has 0 aliphatic heterocycles. The fourth-order valence-corrected chi connectivity index (χ4v) is 2.74. The van der Waals surface area contributed by atoms with Crippen molar-refractivity contribution in [3.05, 3.63) is 29.8 Å². The fraction of sp³-hybridized carbons (Fsp3) is 0.556. The van der Waals surface area contributed by atoms with Crippen LogP contribution in [0.2, 0.25) is 0 Å². The Morgan fingerprint density at radius 1 is 1.09 bits per heavy atom. The summed E-state index contributed by atoms with van der Waals surface area (Å²) in [5, 5.41) is 2.91. The van der Waals surface area contributed by atoms with Crippen LogP contribution in [0.1, 0.15) is 38.7 Å². The van der Waals surface area contributed by atoms with E-state index in [9.17, 15) is 9.59 Å². The lowest BCUT2D eigenvalue weighted by Gasteiger charge is -2.21. The predicted octanol–water partition coefficient (Wildman–Crippen LogP) is 3.22. The van der Waals surface area contributed by atoms with Gasteiger partial charge in [-0.3, -0.25) is 9.59 Å². The van der Waals surface area contributed by atoms with E-state index in [0.29, 0.717) is 6.42 Å². The average molecular weight is 302 g/mol. The van der Waals surface area contributed by atoms with Crippen LogP contribution in [0, 0.1) is 18.8 Å². The first-order chi connectivity index (χ1) is 10.6. The second-order valence-electron chi connectivity index (χ2n) is 6.13. The van der Waals surface area contributed by atoms with Crippen LogP contribution in [0.25, 0.3) is 0 Å². The third-order valence-electron chi connectivity index (χ3n) is 4.06. The summed E-state index contributed by atoms with van der Waals surface area (Å²) in [4.78, 5) is 26.6. The number of aryl methyl sites for hydroxylation is 1. The summed E-state index contributed by atoms with van der Waals surface area (Å²) in [5.74, 6) is -0.170. The van der Waals surface area contributed by atoms with Crippen molar-refractivity contribution in [2.24, 2.45) is 11.8 Å². The molecule has 2 atom stereocenters. The van der Waals surface area contributed by atoms with Gasteiger partial charge in [-0.1, -0.05) is 31.5 Å². The Hall–Kier alpha value is -1.84. The van der Waals surface area contributed by atoms with Crippen molar-refractivity contribution in [2.45, 2.75) is 40.0 Å². The van der Waals surface area contributed by atoms with Crippen molar-refractivity contribution in [3.8, 4) is 0 Å². The van der Waals surface area contributed by atoms with Gasteiger partial charge in [-0.25, -0.2) is 0 Å². The van der Waals surface area contributed by atoms with Gasteiger partial charge in [-0.05, 0) is 38.3 Å². The number of benzene rings is 1. The molecule has 0 radical (unpaired) electrons. The zero-order valence-corrected chi connectivity index (χ0v) is 13.8. The highest BCUT2D eigenvalue weighted by molar-refractivity contribution is 5.99. The lowest BCUT2D eigenvalue weighted by Crippen LogP contribution is -2.34. The van der Waals surface area contributed by atoms with Gasteiger partial charge in [0.15, 0.2) is 0 Å². The van der Waals surface area contributed by atoms with Crippen LogP contribution < -0.4 is 5.32 Å². The Labute approximate surface area is 132 Å². The Morgan fingerprint density at radius 2 is 1.68 bits per heavy atom. The first-order valence-corrected chi connectivity index (χ1v) is 8.23. The molecule has 0 saturated heterocycles. The Bertz CT molecular complexity index is 518. The van der Waals surface area contributed by atoms with Gasteiger partial charge in [0.1, 0.15) is 0 Å². The summed E-state index contributed by atoms with van der Waals surface area (Å²) in [6, 6.07) is 7.73. The lowest BCUT2D eigenvalue weighted by molar-refractivity contribution is -0.134. The molecule has 0 heterocycles. The third-order valence-corrected chi connectivity index (χ3v) is 4.06. The van der Waals surface area contributed by atoms with E-state index in [-0.39, 0.29) is 23.7 Å². The van der Waals surface area contributed by atoms with Crippen LogP contribution in [-0.2, 0) is 9.59 Å². The van der Waals surface area contributed by atoms with Gasteiger partial charge in [-0.15, -0.1) is 0 Å². The molecule has 2 unspecified atom stereocenters. The van der Waals surface area contributed by atoms with E-state index in [1.54, 1.807) is 0 Å². The minimum Gasteiger partial charge on any atom is -0.342 e. The molecule has 1 aromatic rings. The van der Waals surface area contributed by atoms with Crippen molar-refractivity contribution in [3.63, 3.8) is 0 Å².